The van der Waals surface area contributed by atoms with Crippen LogP contribution in [0, 0.1) is 17.2 Å². The van der Waals surface area contributed by atoms with Crippen molar-refractivity contribution in [3.63, 3.8) is 0 Å². The van der Waals surface area contributed by atoms with Gasteiger partial charge in [-0.05, 0) is 12.3 Å². The summed E-state index contributed by atoms with van der Waals surface area (Å²) in [6.07, 6.45) is 10.3. The molecule has 1 fully saturated rings. The summed E-state index contributed by atoms with van der Waals surface area (Å²) < 4.78 is 0. The van der Waals surface area contributed by atoms with Gasteiger partial charge in [-0.15, -0.1) is 0 Å². The van der Waals surface area contributed by atoms with Crippen LogP contribution in [-0.2, 0) is 0 Å². The van der Waals surface area contributed by atoms with Crippen LogP contribution in [-0.4, -0.2) is 0 Å². The summed E-state index contributed by atoms with van der Waals surface area (Å²) in [5.41, 5.74) is 0. The van der Waals surface area contributed by atoms with E-state index in [1.807, 2.05) is 0 Å². The van der Waals surface area contributed by atoms with Crippen molar-refractivity contribution in [1.82, 2.24) is 0 Å². The number of hydrogen-bond donors (Lipinski definition) is 0. The molecule has 0 radical (unpaired) electrons. The lowest BCUT2D eigenvalue weighted by molar-refractivity contribution is 0.433. The zero-order valence-corrected chi connectivity index (χ0v) is 7.18. The Hall–Kier alpha value is -0.510. The lowest BCUT2D eigenvalue weighted by atomic mass is 9.95. The molecule has 0 atom stereocenters. The fourth-order valence-corrected chi connectivity index (χ4v) is 1.92. The van der Waals surface area contributed by atoms with Crippen molar-refractivity contribution in [2.75, 3.05) is 0 Å². The summed E-state index contributed by atoms with van der Waals surface area (Å²) in [6, 6.07) is 2.24. The minimum absolute atomic E-state index is 0.769. The predicted molar refractivity (Wildman–Crippen MR) is 46.0 cm³/mol. The highest BCUT2D eigenvalue weighted by Crippen LogP contribution is 2.25. The number of rotatable bonds is 2. The van der Waals surface area contributed by atoms with Crippen LogP contribution < -0.4 is 0 Å². The van der Waals surface area contributed by atoms with Gasteiger partial charge in [0.2, 0.25) is 0 Å². The Bertz CT molecular complexity index is 126. The third-order valence-corrected chi connectivity index (χ3v) is 2.64. The smallest absolute Gasteiger partial charge is 0.0621 e. The monoisotopic (exact) mass is 151 g/mol. The highest BCUT2D eigenvalue weighted by Gasteiger charge is 2.10. The minimum Gasteiger partial charge on any atom is -0.198 e. The first-order valence-corrected chi connectivity index (χ1v) is 4.80. The largest absolute Gasteiger partial charge is 0.198 e. The van der Waals surface area contributed by atoms with Gasteiger partial charge in [0.15, 0.2) is 0 Å². The van der Waals surface area contributed by atoms with Gasteiger partial charge in [0, 0.05) is 6.42 Å². The maximum Gasteiger partial charge on any atom is 0.0621 e. The van der Waals surface area contributed by atoms with Gasteiger partial charge >= 0.3 is 0 Å². The molecule has 1 aliphatic carbocycles. The van der Waals surface area contributed by atoms with Crippen LogP contribution in [0.2, 0.25) is 0 Å². The van der Waals surface area contributed by atoms with Crippen molar-refractivity contribution in [1.29, 1.82) is 5.26 Å². The molecule has 0 aromatic carbocycles. The molecule has 1 rings (SSSR count). The van der Waals surface area contributed by atoms with Crippen molar-refractivity contribution in [2.24, 2.45) is 5.92 Å². The molecule has 0 bridgehead atoms. The van der Waals surface area contributed by atoms with Gasteiger partial charge in [0.1, 0.15) is 0 Å². The first kappa shape index (κ1) is 8.59. The van der Waals surface area contributed by atoms with E-state index in [1.165, 1.54) is 38.5 Å². The molecule has 0 amide bonds. The lowest BCUT2D eigenvalue weighted by Crippen LogP contribution is -1.97. The SMILES string of the molecule is N#CCCC1CCCCCC1. The fourth-order valence-electron chi connectivity index (χ4n) is 1.92. The lowest BCUT2D eigenvalue weighted by Gasteiger charge is -2.10. The van der Waals surface area contributed by atoms with E-state index >= 15 is 0 Å². The molecule has 0 unspecified atom stereocenters. The third-order valence-electron chi connectivity index (χ3n) is 2.64. The van der Waals surface area contributed by atoms with Crippen LogP contribution in [0.1, 0.15) is 51.4 Å². The van der Waals surface area contributed by atoms with E-state index in [2.05, 4.69) is 6.07 Å². The Morgan fingerprint density at radius 3 is 2.27 bits per heavy atom. The molecule has 0 aromatic rings. The van der Waals surface area contributed by atoms with Gasteiger partial charge in [-0.3, -0.25) is 0 Å². The molecule has 0 heterocycles. The van der Waals surface area contributed by atoms with E-state index in [1.54, 1.807) is 0 Å². The second-order valence-electron chi connectivity index (χ2n) is 3.55. The van der Waals surface area contributed by atoms with E-state index in [9.17, 15) is 0 Å². The molecule has 0 saturated heterocycles. The summed E-state index contributed by atoms with van der Waals surface area (Å²) in [4.78, 5) is 0. The van der Waals surface area contributed by atoms with Gasteiger partial charge in [0.25, 0.3) is 0 Å². The van der Waals surface area contributed by atoms with Crippen LogP contribution in [0.25, 0.3) is 0 Å². The second kappa shape index (κ2) is 5.18. The highest BCUT2D eigenvalue weighted by molar-refractivity contribution is 4.73. The molecular weight excluding hydrogens is 134 g/mol. The first-order chi connectivity index (χ1) is 5.43. The van der Waals surface area contributed by atoms with Crippen LogP contribution in [0.5, 0.6) is 0 Å². The molecule has 1 aliphatic rings. The fraction of sp³-hybridized carbons (Fsp3) is 0.900. The molecule has 1 heteroatoms. The molecule has 1 nitrogen and oxygen atoms in total. The van der Waals surface area contributed by atoms with Crippen molar-refractivity contribution >= 4 is 0 Å². The highest BCUT2D eigenvalue weighted by atomic mass is 14.2. The quantitative estimate of drug-likeness (QED) is 0.556. The van der Waals surface area contributed by atoms with Gasteiger partial charge in [-0.2, -0.15) is 5.26 Å². The Morgan fingerprint density at radius 2 is 1.73 bits per heavy atom. The Morgan fingerprint density at radius 1 is 1.09 bits per heavy atom. The van der Waals surface area contributed by atoms with Crippen LogP contribution in [0.4, 0.5) is 0 Å². The van der Waals surface area contributed by atoms with Gasteiger partial charge in [0.05, 0.1) is 6.07 Å². The van der Waals surface area contributed by atoms with Gasteiger partial charge < -0.3 is 0 Å². The van der Waals surface area contributed by atoms with Crippen molar-refractivity contribution < 1.29 is 0 Å². The zero-order valence-electron chi connectivity index (χ0n) is 7.18. The molecule has 0 N–H and O–H groups in total. The van der Waals surface area contributed by atoms with E-state index in [0.29, 0.717) is 0 Å². The molecule has 0 aliphatic heterocycles. The molecule has 0 aromatic heterocycles. The number of hydrogen-bond acceptors (Lipinski definition) is 1. The standard InChI is InChI=1S/C10H17N/c11-9-5-8-10-6-3-1-2-4-7-10/h10H,1-8H2. The normalized spacial score (nSPS) is 20.6. The number of nitrogens with zero attached hydrogens (tertiary/aromatic N) is 1. The van der Waals surface area contributed by atoms with Crippen LogP contribution >= 0.6 is 0 Å². The maximum atomic E-state index is 8.42. The van der Waals surface area contributed by atoms with Crippen LogP contribution in [0.15, 0.2) is 0 Å². The Balaban J connectivity index is 2.15. The molecular formula is C10H17N. The Kier molecular flexibility index (Phi) is 4.04. The minimum atomic E-state index is 0.769. The summed E-state index contributed by atoms with van der Waals surface area (Å²) >= 11 is 0. The predicted octanol–water partition coefficient (Wildman–Crippen LogP) is 3.26. The first-order valence-electron chi connectivity index (χ1n) is 4.80. The summed E-state index contributed by atoms with van der Waals surface area (Å²) in [5.74, 6) is 0.872. The maximum absolute atomic E-state index is 8.42. The molecule has 11 heavy (non-hydrogen) atoms. The average molecular weight is 151 g/mol. The molecule has 0 spiro atoms. The second-order valence-corrected chi connectivity index (χ2v) is 3.55. The van der Waals surface area contributed by atoms with Crippen LogP contribution in [0.3, 0.4) is 0 Å². The summed E-state index contributed by atoms with van der Waals surface area (Å²) in [7, 11) is 0. The molecule has 62 valence electrons. The average Bonchev–Trinajstić information content (AvgIpc) is 2.28. The number of nitriles is 1. The zero-order chi connectivity index (χ0) is 7.94. The topological polar surface area (TPSA) is 23.8 Å². The van der Waals surface area contributed by atoms with E-state index in [-0.39, 0.29) is 0 Å². The van der Waals surface area contributed by atoms with Gasteiger partial charge in [-0.25, -0.2) is 0 Å². The van der Waals surface area contributed by atoms with Crippen molar-refractivity contribution in [2.45, 2.75) is 51.4 Å². The van der Waals surface area contributed by atoms with E-state index in [0.717, 1.165) is 18.8 Å². The van der Waals surface area contributed by atoms with Crippen molar-refractivity contribution in [3.05, 3.63) is 0 Å². The molecule has 1 saturated carbocycles. The third kappa shape index (κ3) is 3.41. The summed E-state index contributed by atoms with van der Waals surface area (Å²) in [5, 5.41) is 8.42. The van der Waals surface area contributed by atoms with E-state index < -0.39 is 0 Å². The Labute approximate surface area is 69.4 Å². The van der Waals surface area contributed by atoms with Crippen molar-refractivity contribution in [3.8, 4) is 6.07 Å². The van der Waals surface area contributed by atoms with Gasteiger partial charge in [-0.1, -0.05) is 38.5 Å². The van der Waals surface area contributed by atoms with E-state index in [4.69, 9.17) is 5.26 Å². The summed E-state index contributed by atoms with van der Waals surface area (Å²) in [6.45, 7) is 0.